The fourth-order valence-electron chi connectivity index (χ4n) is 1.05. The maximum Gasteiger partial charge on any atom is 0.134 e. The number of nitriles is 1. The summed E-state index contributed by atoms with van der Waals surface area (Å²) in [6.07, 6.45) is 0. The van der Waals surface area contributed by atoms with Gasteiger partial charge in [-0.2, -0.15) is 5.26 Å². The second-order valence-corrected chi connectivity index (χ2v) is 2.84. The molecule has 13 heavy (non-hydrogen) atoms. The van der Waals surface area contributed by atoms with Crippen LogP contribution in [0.2, 0.25) is 0 Å². The number of rotatable bonds is 3. The second kappa shape index (κ2) is 4.48. The van der Waals surface area contributed by atoms with Crippen LogP contribution < -0.4 is 5.73 Å². The molecule has 0 atom stereocenters. The molecule has 0 spiro atoms. The summed E-state index contributed by atoms with van der Waals surface area (Å²) in [5.41, 5.74) is 8.50. The van der Waals surface area contributed by atoms with Gasteiger partial charge in [-0.15, -0.1) is 0 Å². The van der Waals surface area contributed by atoms with Gasteiger partial charge in [-0.05, 0) is 30.2 Å². The van der Waals surface area contributed by atoms with E-state index in [1.54, 1.807) is 0 Å². The lowest BCUT2D eigenvalue weighted by Gasteiger charge is -2.05. The molecule has 3 heteroatoms. The third kappa shape index (κ3) is 2.77. The second-order valence-electron chi connectivity index (χ2n) is 2.84. The lowest BCUT2D eigenvalue weighted by molar-refractivity contribution is 0.152. The molecule has 68 valence electrons. The van der Waals surface area contributed by atoms with Crippen molar-refractivity contribution in [3.63, 3.8) is 0 Å². The fourth-order valence-corrected chi connectivity index (χ4v) is 1.05. The molecule has 0 heterocycles. The van der Waals surface area contributed by atoms with Gasteiger partial charge in [-0.1, -0.05) is 6.07 Å². The van der Waals surface area contributed by atoms with E-state index in [0.717, 1.165) is 16.8 Å². The molecule has 0 radical (unpaired) electrons. The Bertz CT molecular complexity index is 328. The SMILES string of the molecule is Cc1ccc(N)cc1COCC#N. The predicted molar refractivity (Wildman–Crippen MR) is 50.9 cm³/mol. The maximum atomic E-state index is 8.27. The van der Waals surface area contributed by atoms with E-state index in [9.17, 15) is 0 Å². The summed E-state index contributed by atoms with van der Waals surface area (Å²) in [6.45, 7) is 2.56. The molecule has 1 aromatic rings. The summed E-state index contributed by atoms with van der Waals surface area (Å²) < 4.78 is 5.09. The van der Waals surface area contributed by atoms with Crippen LogP contribution in [0, 0.1) is 18.3 Å². The number of nitrogens with zero attached hydrogens (tertiary/aromatic N) is 1. The number of nitrogens with two attached hydrogens (primary N) is 1. The highest BCUT2D eigenvalue weighted by Crippen LogP contribution is 2.13. The Labute approximate surface area is 77.7 Å². The highest BCUT2D eigenvalue weighted by molar-refractivity contribution is 5.44. The van der Waals surface area contributed by atoms with Crippen LogP contribution >= 0.6 is 0 Å². The van der Waals surface area contributed by atoms with Crippen LogP contribution in [0.4, 0.5) is 5.69 Å². The van der Waals surface area contributed by atoms with Gasteiger partial charge in [0.25, 0.3) is 0 Å². The van der Waals surface area contributed by atoms with E-state index >= 15 is 0 Å². The van der Waals surface area contributed by atoms with Crippen molar-refractivity contribution in [2.45, 2.75) is 13.5 Å². The van der Waals surface area contributed by atoms with E-state index in [4.69, 9.17) is 15.7 Å². The van der Waals surface area contributed by atoms with Crippen molar-refractivity contribution in [3.05, 3.63) is 29.3 Å². The smallest absolute Gasteiger partial charge is 0.134 e. The minimum Gasteiger partial charge on any atom is -0.399 e. The fraction of sp³-hybridized carbons (Fsp3) is 0.300. The van der Waals surface area contributed by atoms with Crippen LogP contribution in [0.25, 0.3) is 0 Å². The van der Waals surface area contributed by atoms with E-state index in [0.29, 0.717) is 6.61 Å². The molecule has 2 N–H and O–H groups in total. The zero-order chi connectivity index (χ0) is 9.68. The molecule has 0 saturated heterocycles. The van der Waals surface area contributed by atoms with Crippen molar-refractivity contribution in [2.24, 2.45) is 0 Å². The molecule has 0 aromatic heterocycles. The Morgan fingerprint density at radius 1 is 1.54 bits per heavy atom. The van der Waals surface area contributed by atoms with Gasteiger partial charge >= 0.3 is 0 Å². The van der Waals surface area contributed by atoms with Gasteiger partial charge in [0.1, 0.15) is 6.61 Å². The van der Waals surface area contributed by atoms with Crippen molar-refractivity contribution in [1.29, 1.82) is 5.26 Å². The largest absolute Gasteiger partial charge is 0.399 e. The molecule has 0 aliphatic heterocycles. The first-order valence-corrected chi connectivity index (χ1v) is 4.03. The lowest BCUT2D eigenvalue weighted by atomic mass is 10.1. The molecular formula is C10H12N2O. The maximum absolute atomic E-state index is 8.27. The topological polar surface area (TPSA) is 59.0 Å². The number of hydrogen-bond acceptors (Lipinski definition) is 3. The summed E-state index contributed by atoms with van der Waals surface area (Å²) >= 11 is 0. The Kier molecular flexibility index (Phi) is 3.30. The van der Waals surface area contributed by atoms with Crippen LogP contribution in [0.5, 0.6) is 0 Å². The van der Waals surface area contributed by atoms with Crippen molar-refractivity contribution < 1.29 is 4.74 Å². The summed E-state index contributed by atoms with van der Waals surface area (Å²) in [6, 6.07) is 7.58. The third-order valence-corrected chi connectivity index (χ3v) is 1.80. The molecule has 0 unspecified atom stereocenters. The van der Waals surface area contributed by atoms with Crippen molar-refractivity contribution in [3.8, 4) is 6.07 Å². The third-order valence-electron chi connectivity index (χ3n) is 1.80. The Morgan fingerprint density at radius 2 is 2.31 bits per heavy atom. The minimum absolute atomic E-state index is 0.119. The summed E-state index contributed by atoms with van der Waals surface area (Å²) in [5.74, 6) is 0. The molecule has 0 saturated carbocycles. The number of ether oxygens (including phenoxy) is 1. The summed E-state index contributed by atoms with van der Waals surface area (Å²) in [4.78, 5) is 0. The monoisotopic (exact) mass is 176 g/mol. The molecule has 1 aromatic carbocycles. The normalized spacial score (nSPS) is 9.54. The van der Waals surface area contributed by atoms with E-state index in [1.165, 1.54) is 0 Å². The average Bonchev–Trinajstić information content (AvgIpc) is 2.11. The number of aryl methyl sites for hydroxylation is 1. The first kappa shape index (κ1) is 9.56. The average molecular weight is 176 g/mol. The van der Waals surface area contributed by atoms with Gasteiger partial charge in [0.05, 0.1) is 12.7 Å². The zero-order valence-electron chi connectivity index (χ0n) is 7.58. The lowest BCUT2D eigenvalue weighted by Crippen LogP contribution is -1.97. The Balaban J connectivity index is 2.65. The van der Waals surface area contributed by atoms with Gasteiger partial charge in [0.2, 0.25) is 0 Å². The van der Waals surface area contributed by atoms with Crippen molar-refractivity contribution in [1.82, 2.24) is 0 Å². The number of anilines is 1. The molecule has 0 aliphatic rings. The first-order chi connectivity index (χ1) is 6.24. The van der Waals surface area contributed by atoms with Crippen LogP contribution in [0.1, 0.15) is 11.1 Å². The number of hydrogen-bond donors (Lipinski definition) is 1. The first-order valence-electron chi connectivity index (χ1n) is 4.03. The number of nitrogen functional groups attached to an aromatic ring is 1. The van der Waals surface area contributed by atoms with Crippen LogP contribution in [0.3, 0.4) is 0 Å². The molecule has 0 amide bonds. The molecule has 0 bridgehead atoms. The van der Waals surface area contributed by atoms with E-state index in [2.05, 4.69) is 0 Å². The molecule has 3 nitrogen and oxygen atoms in total. The standard InChI is InChI=1S/C10H12N2O/c1-8-2-3-10(12)6-9(8)7-13-5-4-11/h2-3,6H,5,7,12H2,1H3. The van der Waals surface area contributed by atoms with E-state index in [1.807, 2.05) is 31.2 Å². The zero-order valence-corrected chi connectivity index (χ0v) is 7.58. The molecule has 0 fully saturated rings. The predicted octanol–water partition coefficient (Wildman–Crippen LogP) is 1.62. The Hall–Kier alpha value is -1.53. The van der Waals surface area contributed by atoms with Gasteiger partial charge < -0.3 is 10.5 Å². The van der Waals surface area contributed by atoms with E-state index in [-0.39, 0.29) is 6.61 Å². The van der Waals surface area contributed by atoms with Crippen LogP contribution in [-0.4, -0.2) is 6.61 Å². The van der Waals surface area contributed by atoms with Crippen molar-refractivity contribution in [2.75, 3.05) is 12.3 Å². The summed E-state index contributed by atoms with van der Waals surface area (Å²) in [5, 5.41) is 8.27. The highest BCUT2D eigenvalue weighted by atomic mass is 16.5. The summed E-state index contributed by atoms with van der Waals surface area (Å²) in [7, 11) is 0. The molecular weight excluding hydrogens is 164 g/mol. The van der Waals surface area contributed by atoms with Gasteiger partial charge in [-0.25, -0.2) is 0 Å². The van der Waals surface area contributed by atoms with Crippen LogP contribution in [0.15, 0.2) is 18.2 Å². The highest BCUT2D eigenvalue weighted by Gasteiger charge is 1.98. The van der Waals surface area contributed by atoms with Gasteiger partial charge in [-0.3, -0.25) is 0 Å². The van der Waals surface area contributed by atoms with Gasteiger partial charge in [0.15, 0.2) is 0 Å². The minimum atomic E-state index is 0.119. The van der Waals surface area contributed by atoms with Crippen LogP contribution in [-0.2, 0) is 11.3 Å². The molecule has 1 rings (SSSR count). The van der Waals surface area contributed by atoms with Crippen molar-refractivity contribution >= 4 is 5.69 Å². The Morgan fingerprint density at radius 3 is 3.00 bits per heavy atom. The van der Waals surface area contributed by atoms with E-state index < -0.39 is 0 Å². The quantitative estimate of drug-likeness (QED) is 0.562. The van der Waals surface area contributed by atoms with Gasteiger partial charge in [0, 0.05) is 5.69 Å². The number of benzene rings is 1. The molecule has 0 aliphatic carbocycles.